The first-order valence-corrected chi connectivity index (χ1v) is 11.4. The van der Waals surface area contributed by atoms with E-state index >= 15 is 0 Å². The molecule has 0 radical (unpaired) electrons. The quantitative estimate of drug-likeness (QED) is 0.658. The fourth-order valence-corrected chi connectivity index (χ4v) is 5.04. The van der Waals surface area contributed by atoms with Gasteiger partial charge in [-0.05, 0) is 23.6 Å². The van der Waals surface area contributed by atoms with Crippen LogP contribution in [0.5, 0.6) is 0 Å². The van der Waals surface area contributed by atoms with Crippen LogP contribution < -0.4 is 5.32 Å². The van der Waals surface area contributed by atoms with Crippen LogP contribution in [-0.4, -0.2) is 61.2 Å². The van der Waals surface area contributed by atoms with Crippen molar-refractivity contribution >= 4 is 32.4 Å². The van der Waals surface area contributed by atoms with Crippen LogP contribution in [0.1, 0.15) is 6.42 Å². The van der Waals surface area contributed by atoms with E-state index in [0.29, 0.717) is 39.1 Å². The first-order chi connectivity index (χ1) is 14.5. The number of piperazine rings is 1. The molecule has 0 bridgehead atoms. The summed E-state index contributed by atoms with van der Waals surface area (Å²) in [6.45, 7) is 2.60. The number of hydrogen-bond donors (Lipinski definition) is 1. The van der Waals surface area contributed by atoms with E-state index in [1.807, 2.05) is 42.5 Å². The Kier molecular flexibility index (Phi) is 6.08. The number of nitrogens with one attached hydrogen (secondary N) is 1. The highest BCUT2D eigenvalue weighted by molar-refractivity contribution is 7.89. The lowest BCUT2D eigenvalue weighted by atomic mass is 10.1. The van der Waals surface area contributed by atoms with E-state index in [0.717, 1.165) is 16.5 Å². The number of carbonyl (C=O) groups is 1. The zero-order valence-corrected chi connectivity index (χ0v) is 17.4. The minimum atomic E-state index is -3.51. The summed E-state index contributed by atoms with van der Waals surface area (Å²) in [7, 11) is -3.51. The Morgan fingerprint density at radius 2 is 1.73 bits per heavy atom. The molecular weight excluding hydrogens is 400 g/mol. The van der Waals surface area contributed by atoms with Gasteiger partial charge in [0, 0.05) is 62.6 Å². The molecule has 1 amide bonds. The Balaban J connectivity index is 1.29. The highest BCUT2D eigenvalue weighted by atomic mass is 32.2. The van der Waals surface area contributed by atoms with E-state index in [-0.39, 0.29) is 10.8 Å². The lowest BCUT2D eigenvalue weighted by Gasteiger charge is -2.33. The van der Waals surface area contributed by atoms with Crippen molar-refractivity contribution in [3.8, 4) is 0 Å². The number of nitrogens with zero attached hydrogens (tertiary/aromatic N) is 3. The molecule has 0 atom stereocenters. The first-order valence-electron chi connectivity index (χ1n) is 9.94. The maximum absolute atomic E-state index is 12.7. The minimum Gasteiger partial charge on any atom is -0.325 e. The number of benzene rings is 2. The van der Waals surface area contributed by atoms with E-state index in [2.05, 4.69) is 15.2 Å². The van der Waals surface area contributed by atoms with Crippen LogP contribution in [0, 0.1) is 0 Å². The van der Waals surface area contributed by atoms with Crippen LogP contribution in [0.4, 0.5) is 5.69 Å². The minimum absolute atomic E-state index is 0.0447. The van der Waals surface area contributed by atoms with Crippen LogP contribution in [0.3, 0.4) is 0 Å². The molecule has 2 aromatic carbocycles. The van der Waals surface area contributed by atoms with Crippen LogP contribution in [0.2, 0.25) is 0 Å². The molecule has 1 saturated heterocycles. The second-order valence-corrected chi connectivity index (χ2v) is 9.20. The van der Waals surface area contributed by atoms with E-state index < -0.39 is 10.0 Å². The summed E-state index contributed by atoms with van der Waals surface area (Å²) in [5.74, 6) is -0.0447. The number of anilines is 1. The van der Waals surface area contributed by atoms with Gasteiger partial charge in [-0.3, -0.25) is 9.78 Å². The van der Waals surface area contributed by atoms with Crippen molar-refractivity contribution in [1.82, 2.24) is 14.2 Å². The smallest absolute Gasteiger partial charge is 0.244 e. The number of rotatable bonds is 6. The Morgan fingerprint density at radius 1 is 0.967 bits per heavy atom. The summed E-state index contributed by atoms with van der Waals surface area (Å²) >= 11 is 0. The SMILES string of the molecule is O=C(CCN1CCN(S(=O)(=O)c2cccnc2)CC1)Nc1cccc2ccccc12. The molecule has 2 heterocycles. The number of hydrogen-bond acceptors (Lipinski definition) is 5. The van der Waals surface area contributed by atoms with Gasteiger partial charge in [-0.25, -0.2) is 8.42 Å². The van der Waals surface area contributed by atoms with Gasteiger partial charge in [0.2, 0.25) is 15.9 Å². The summed E-state index contributed by atoms with van der Waals surface area (Å²) in [6.07, 6.45) is 3.29. The van der Waals surface area contributed by atoms with Crippen LogP contribution in [-0.2, 0) is 14.8 Å². The summed E-state index contributed by atoms with van der Waals surface area (Å²) in [5, 5.41) is 5.10. The average Bonchev–Trinajstić information content (AvgIpc) is 2.79. The van der Waals surface area contributed by atoms with Crippen molar-refractivity contribution < 1.29 is 13.2 Å². The highest BCUT2D eigenvalue weighted by Gasteiger charge is 2.28. The molecule has 1 aliphatic heterocycles. The van der Waals surface area contributed by atoms with Crippen molar-refractivity contribution in [3.05, 3.63) is 67.0 Å². The molecule has 1 N–H and O–H groups in total. The molecule has 1 aromatic heterocycles. The first kappa shape index (κ1) is 20.5. The Labute approximate surface area is 176 Å². The Morgan fingerprint density at radius 3 is 2.50 bits per heavy atom. The Hall–Kier alpha value is -2.81. The lowest BCUT2D eigenvalue weighted by molar-refractivity contribution is -0.116. The average molecular weight is 425 g/mol. The van der Waals surface area contributed by atoms with Crippen LogP contribution in [0.25, 0.3) is 10.8 Å². The monoisotopic (exact) mass is 424 g/mol. The molecule has 0 saturated carbocycles. The third-order valence-electron chi connectivity index (χ3n) is 5.32. The predicted octanol–water partition coefficient (Wildman–Crippen LogP) is 2.57. The third-order valence-corrected chi connectivity index (χ3v) is 7.20. The standard InChI is InChI=1S/C22H24N4O3S/c27-22(24-21-9-3-6-18-5-1-2-8-20(18)21)10-12-25-13-15-26(16-14-25)30(28,29)19-7-4-11-23-17-19/h1-9,11,17H,10,12-16H2,(H,24,27). The molecule has 30 heavy (non-hydrogen) atoms. The van der Waals surface area contributed by atoms with E-state index in [1.165, 1.54) is 10.5 Å². The highest BCUT2D eigenvalue weighted by Crippen LogP contribution is 2.23. The predicted molar refractivity (Wildman–Crippen MR) is 117 cm³/mol. The molecule has 8 heteroatoms. The van der Waals surface area contributed by atoms with Crippen LogP contribution >= 0.6 is 0 Å². The van der Waals surface area contributed by atoms with E-state index in [1.54, 1.807) is 18.3 Å². The van der Waals surface area contributed by atoms with Gasteiger partial charge in [-0.15, -0.1) is 0 Å². The lowest BCUT2D eigenvalue weighted by Crippen LogP contribution is -2.49. The number of sulfonamides is 1. The van der Waals surface area contributed by atoms with Gasteiger partial charge in [-0.1, -0.05) is 36.4 Å². The van der Waals surface area contributed by atoms with E-state index in [9.17, 15) is 13.2 Å². The van der Waals surface area contributed by atoms with Crippen LogP contribution in [0.15, 0.2) is 71.9 Å². The summed E-state index contributed by atoms with van der Waals surface area (Å²) in [6, 6.07) is 17.0. The maximum Gasteiger partial charge on any atom is 0.244 e. The molecular formula is C22H24N4O3S. The molecule has 0 aliphatic carbocycles. The number of aromatic nitrogens is 1. The third kappa shape index (κ3) is 4.51. The molecule has 7 nitrogen and oxygen atoms in total. The Bertz CT molecular complexity index is 1120. The van der Waals surface area contributed by atoms with Crippen molar-refractivity contribution in [2.75, 3.05) is 38.0 Å². The molecule has 156 valence electrons. The second kappa shape index (κ2) is 8.91. The zero-order valence-electron chi connectivity index (χ0n) is 16.6. The summed E-state index contributed by atoms with van der Waals surface area (Å²) in [4.78, 5) is 18.7. The number of fused-ring (bicyclic) bond motifs is 1. The maximum atomic E-state index is 12.7. The van der Waals surface area contributed by atoms with Gasteiger partial charge < -0.3 is 10.2 Å². The zero-order chi connectivity index (χ0) is 21.0. The molecule has 3 aromatic rings. The number of amides is 1. The number of pyridine rings is 1. The van der Waals surface area contributed by atoms with Gasteiger partial charge >= 0.3 is 0 Å². The van der Waals surface area contributed by atoms with Gasteiger partial charge in [0.05, 0.1) is 0 Å². The topological polar surface area (TPSA) is 82.6 Å². The second-order valence-electron chi connectivity index (χ2n) is 7.26. The number of carbonyl (C=O) groups excluding carboxylic acids is 1. The van der Waals surface area contributed by atoms with Gasteiger partial charge in [0.15, 0.2) is 0 Å². The molecule has 1 fully saturated rings. The molecule has 0 spiro atoms. The van der Waals surface area contributed by atoms with Gasteiger partial charge in [0.25, 0.3) is 0 Å². The fraction of sp³-hybridized carbons (Fsp3) is 0.273. The largest absolute Gasteiger partial charge is 0.325 e. The molecule has 4 rings (SSSR count). The van der Waals surface area contributed by atoms with Crippen molar-refractivity contribution in [2.45, 2.75) is 11.3 Å². The van der Waals surface area contributed by atoms with Gasteiger partial charge in [-0.2, -0.15) is 4.31 Å². The molecule has 1 aliphatic rings. The fourth-order valence-electron chi connectivity index (χ4n) is 3.65. The van der Waals surface area contributed by atoms with E-state index in [4.69, 9.17) is 0 Å². The van der Waals surface area contributed by atoms with Crippen molar-refractivity contribution in [2.24, 2.45) is 0 Å². The van der Waals surface area contributed by atoms with Crippen molar-refractivity contribution in [3.63, 3.8) is 0 Å². The summed E-state index contributed by atoms with van der Waals surface area (Å²) < 4.78 is 26.8. The molecule has 0 unspecified atom stereocenters. The normalized spacial score (nSPS) is 15.9. The van der Waals surface area contributed by atoms with Gasteiger partial charge in [0.1, 0.15) is 4.90 Å². The summed E-state index contributed by atoms with van der Waals surface area (Å²) in [5.41, 5.74) is 0.811. The van der Waals surface area contributed by atoms with Crippen molar-refractivity contribution in [1.29, 1.82) is 0 Å².